The van der Waals surface area contributed by atoms with Crippen molar-refractivity contribution in [1.82, 2.24) is 4.90 Å². The molecule has 2 amide bonds. The van der Waals surface area contributed by atoms with E-state index < -0.39 is 0 Å². The van der Waals surface area contributed by atoms with Gasteiger partial charge in [0, 0.05) is 25.4 Å². The monoisotopic (exact) mass is 264 g/mol. The van der Waals surface area contributed by atoms with Gasteiger partial charge < -0.3 is 15.3 Å². The number of aliphatic hydroxyl groups excluding tert-OH is 1. The van der Waals surface area contributed by atoms with Gasteiger partial charge in [0.2, 0.25) is 0 Å². The van der Waals surface area contributed by atoms with Gasteiger partial charge in [-0.05, 0) is 24.0 Å². The van der Waals surface area contributed by atoms with Gasteiger partial charge in [-0.3, -0.25) is 0 Å². The number of amides is 2. The lowest BCUT2D eigenvalue weighted by Gasteiger charge is -2.30. The summed E-state index contributed by atoms with van der Waals surface area (Å²) in [6.45, 7) is 7.59. The van der Waals surface area contributed by atoms with Gasteiger partial charge in [0.25, 0.3) is 0 Å². The fourth-order valence-electron chi connectivity index (χ4n) is 1.81. The van der Waals surface area contributed by atoms with Crippen molar-refractivity contribution in [3.8, 4) is 0 Å². The third kappa shape index (κ3) is 6.25. The topological polar surface area (TPSA) is 52.6 Å². The molecule has 0 spiro atoms. The van der Waals surface area contributed by atoms with E-state index in [1.165, 1.54) is 0 Å². The summed E-state index contributed by atoms with van der Waals surface area (Å²) < 4.78 is 0. The molecule has 0 saturated heterocycles. The van der Waals surface area contributed by atoms with E-state index in [1.54, 1.807) is 4.90 Å². The van der Waals surface area contributed by atoms with E-state index in [0.717, 1.165) is 5.69 Å². The second-order valence-electron chi connectivity index (χ2n) is 5.86. The van der Waals surface area contributed by atoms with Crippen LogP contribution in [-0.2, 0) is 0 Å². The summed E-state index contributed by atoms with van der Waals surface area (Å²) in [6, 6.07) is 9.29. The molecule has 0 aliphatic heterocycles. The van der Waals surface area contributed by atoms with Crippen molar-refractivity contribution >= 4 is 11.7 Å². The highest BCUT2D eigenvalue weighted by Crippen LogP contribution is 2.16. The molecule has 0 atom stereocenters. The first kappa shape index (κ1) is 15.5. The molecule has 4 heteroatoms. The van der Waals surface area contributed by atoms with Crippen LogP contribution in [0.5, 0.6) is 0 Å². The lowest BCUT2D eigenvalue weighted by atomic mass is 9.96. The molecule has 0 aromatic heterocycles. The Labute approximate surface area is 115 Å². The number of para-hydroxylation sites is 1. The smallest absolute Gasteiger partial charge is 0.321 e. The van der Waals surface area contributed by atoms with Crippen LogP contribution in [0.3, 0.4) is 0 Å². The van der Waals surface area contributed by atoms with E-state index in [9.17, 15) is 4.79 Å². The number of nitrogens with zero attached hydrogens (tertiary/aromatic N) is 1. The Hall–Kier alpha value is -1.55. The van der Waals surface area contributed by atoms with Crippen LogP contribution >= 0.6 is 0 Å². The molecule has 1 rings (SSSR count). The van der Waals surface area contributed by atoms with Crippen LogP contribution in [0.2, 0.25) is 0 Å². The fourth-order valence-corrected chi connectivity index (χ4v) is 1.81. The summed E-state index contributed by atoms with van der Waals surface area (Å²) in [7, 11) is 0. The largest absolute Gasteiger partial charge is 0.396 e. The number of urea groups is 1. The molecule has 1 aromatic rings. The molecular formula is C15H24N2O2. The van der Waals surface area contributed by atoms with Crippen molar-refractivity contribution in [3.63, 3.8) is 0 Å². The molecule has 106 valence electrons. The SMILES string of the molecule is CC(C)(C)CN(CCCO)C(=O)Nc1ccccc1. The minimum Gasteiger partial charge on any atom is -0.396 e. The summed E-state index contributed by atoms with van der Waals surface area (Å²) in [5, 5.41) is 11.8. The maximum absolute atomic E-state index is 12.2. The Kier molecular flexibility index (Phi) is 5.83. The average molecular weight is 264 g/mol. The van der Waals surface area contributed by atoms with Crippen molar-refractivity contribution < 1.29 is 9.90 Å². The maximum Gasteiger partial charge on any atom is 0.321 e. The quantitative estimate of drug-likeness (QED) is 0.859. The standard InChI is InChI=1S/C15H24N2O2/c1-15(2,3)12-17(10-7-11-18)14(19)16-13-8-5-4-6-9-13/h4-6,8-9,18H,7,10-12H2,1-3H3,(H,16,19). The lowest BCUT2D eigenvalue weighted by Crippen LogP contribution is -2.41. The molecule has 0 fully saturated rings. The van der Waals surface area contributed by atoms with Crippen LogP contribution in [0.1, 0.15) is 27.2 Å². The zero-order valence-corrected chi connectivity index (χ0v) is 12.0. The predicted molar refractivity (Wildman–Crippen MR) is 78.2 cm³/mol. The van der Waals surface area contributed by atoms with Crippen LogP contribution in [0.15, 0.2) is 30.3 Å². The normalized spacial score (nSPS) is 11.2. The summed E-state index contributed by atoms with van der Waals surface area (Å²) in [4.78, 5) is 14.0. The van der Waals surface area contributed by atoms with Crippen LogP contribution in [0.4, 0.5) is 10.5 Å². The Morgan fingerprint density at radius 1 is 1.26 bits per heavy atom. The zero-order chi connectivity index (χ0) is 14.3. The van der Waals surface area contributed by atoms with E-state index in [-0.39, 0.29) is 18.1 Å². The minimum atomic E-state index is -0.116. The number of nitrogens with one attached hydrogen (secondary N) is 1. The van der Waals surface area contributed by atoms with Gasteiger partial charge >= 0.3 is 6.03 Å². The highest BCUT2D eigenvalue weighted by Gasteiger charge is 2.20. The molecule has 1 aromatic carbocycles. The highest BCUT2D eigenvalue weighted by atomic mass is 16.3. The molecule has 2 N–H and O–H groups in total. The van der Waals surface area contributed by atoms with Crippen molar-refractivity contribution in [2.45, 2.75) is 27.2 Å². The second kappa shape index (κ2) is 7.14. The summed E-state index contributed by atoms with van der Waals surface area (Å²) in [6.07, 6.45) is 0.596. The van der Waals surface area contributed by atoms with Gasteiger partial charge in [-0.15, -0.1) is 0 Å². The van der Waals surface area contributed by atoms with Crippen molar-refractivity contribution in [2.24, 2.45) is 5.41 Å². The van der Waals surface area contributed by atoms with Crippen molar-refractivity contribution in [2.75, 3.05) is 25.0 Å². The number of hydrogen-bond acceptors (Lipinski definition) is 2. The van der Waals surface area contributed by atoms with E-state index in [0.29, 0.717) is 19.5 Å². The fraction of sp³-hybridized carbons (Fsp3) is 0.533. The molecular weight excluding hydrogens is 240 g/mol. The second-order valence-corrected chi connectivity index (χ2v) is 5.86. The molecule has 0 aliphatic rings. The number of carbonyl (C=O) groups excluding carboxylic acids is 1. The molecule has 0 saturated carbocycles. The summed E-state index contributed by atoms with van der Waals surface area (Å²) in [5.41, 5.74) is 0.819. The number of hydrogen-bond donors (Lipinski definition) is 2. The third-order valence-corrected chi connectivity index (χ3v) is 2.56. The number of aliphatic hydroxyl groups is 1. The first-order chi connectivity index (χ1) is 8.92. The third-order valence-electron chi connectivity index (χ3n) is 2.56. The van der Waals surface area contributed by atoms with Crippen LogP contribution < -0.4 is 5.32 Å². The first-order valence-electron chi connectivity index (χ1n) is 6.64. The Morgan fingerprint density at radius 2 is 1.89 bits per heavy atom. The maximum atomic E-state index is 12.2. The lowest BCUT2D eigenvalue weighted by molar-refractivity contribution is 0.176. The Balaban J connectivity index is 2.65. The number of benzene rings is 1. The zero-order valence-electron chi connectivity index (χ0n) is 12.0. The summed E-state index contributed by atoms with van der Waals surface area (Å²) >= 11 is 0. The van der Waals surface area contributed by atoms with Crippen LogP contribution in [0, 0.1) is 5.41 Å². The van der Waals surface area contributed by atoms with Crippen molar-refractivity contribution in [1.29, 1.82) is 0 Å². The van der Waals surface area contributed by atoms with Gasteiger partial charge in [-0.25, -0.2) is 4.79 Å². The van der Waals surface area contributed by atoms with Gasteiger partial charge in [-0.2, -0.15) is 0 Å². The highest BCUT2D eigenvalue weighted by molar-refractivity contribution is 5.89. The van der Waals surface area contributed by atoms with Gasteiger partial charge in [0.15, 0.2) is 0 Å². The summed E-state index contributed by atoms with van der Waals surface area (Å²) in [5.74, 6) is 0. The molecule has 0 radical (unpaired) electrons. The molecule has 4 nitrogen and oxygen atoms in total. The molecule has 0 aliphatic carbocycles. The minimum absolute atomic E-state index is 0.0312. The Bertz CT molecular complexity index is 385. The molecule has 19 heavy (non-hydrogen) atoms. The molecule has 0 unspecified atom stereocenters. The number of rotatable bonds is 5. The molecule has 0 heterocycles. The average Bonchev–Trinajstić information content (AvgIpc) is 2.34. The van der Waals surface area contributed by atoms with Crippen LogP contribution in [-0.4, -0.2) is 35.7 Å². The number of anilines is 1. The van der Waals surface area contributed by atoms with Gasteiger partial charge in [0.05, 0.1) is 0 Å². The van der Waals surface area contributed by atoms with Gasteiger partial charge in [-0.1, -0.05) is 39.0 Å². The van der Waals surface area contributed by atoms with E-state index in [1.807, 2.05) is 30.3 Å². The number of carbonyl (C=O) groups is 1. The first-order valence-corrected chi connectivity index (χ1v) is 6.64. The van der Waals surface area contributed by atoms with E-state index in [4.69, 9.17) is 5.11 Å². The van der Waals surface area contributed by atoms with E-state index in [2.05, 4.69) is 26.1 Å². The Morgan fingerprint density at radius 3 is 2.42 bits per heavy atom. The van der Waals surface area contributed by atoms with Gasteiger partial charge in [0.1, 0.15) is 0 Å². The van der Waals surface area contributed by atoms with Crippen molar-refractivity contribution in [3.05, 3.63) is 30.3 Å². The predicted octanol–water partition coefficient (Wildman–Crippen LogP) is 2.95. The van der Waals surface area contributed by atoms with Crippen LogP contribution in [0.25, 0.3) is 0 Å². The molecule has 0 bridgehead atoms. The van der Waals surface area contributed by atoms with E-state index >= 15 is 0 Å².